The fourth-order valence-electron chi connectivity index (χ4n) is 0.750. The van der Waals surface area contributed by atoms with Crippen LogP contribution >= 0.6 is 0 Å². The molecule has 1 heterocycles. The van der Waals surface area contributed by atoms with Crippen LogP contribution in [0.25, 0.3) is 0 Å². The van der Waals surface area contributed by atoms with Crippen molar-refractivity contribution < 1.29 is 41.9 Å². The normalized spacial score (nSPS) is 13.0. The van der Waals surface area contributed by atoms with E-state index in [0.717, 1.165) is 0 Å². The van der Waals surface area contributed by atoms with Gasteiger partial charge in [-0.3, -0.25) is 10.2 Å². The van der Waals surface area contributed by atoms with Crippen LogP contribution in [0.4, 0.5) is 4.39 Å². The Balaban J connectivity index is 0.000000245. The van der Waals surface area contributed by atoms with Gasteiger partial charge in [-0.15, -0.1) is 12.1 Å². The summed E-state index contributed by atoms with van der Waals surface area (Å²) in [5, 5.41) is 3.41. The van der Waals surface area contributed by atoms with Gasteiger partial charge in [-0.25, -0.2) is 4.39 Å². The summed E-state index contributed by atoms with van der Waals surface area (Å²) in [7, 11) is 0. The van der Waals surface area contributed by atoms with Crippen LogP contribution in [0.3, 0.4) is 0 Å². The van der Waals surface area contributed by atoms with E-state index in [9.17, 15) is 9.18 Å². The summed E-state index contributed by atoms with van der Waals surface area (Å²) < 4.78 is 11.9. The standard InChI is InChI=1S/C6H4F.C4H5N2O.Y/c7-6-4-2-1-3-5-6;7-4-2-1-3-5-6-4;/h2-5H;1-2H2,(H,6,7);/q2*-1;. The van der Waals surface area contributed by atoms with Crippen molar-refractivity contribution in [1.82, 2.24) is 5.43 Å². The van der Waals surface area contributed by atoms with Crippen molar-refractivity contribution in [3.63, 3.8) is 0 Å². The summed E-state index contributed by atoms with van der Waals surface area (Å²) in [6.45, 7) is 0. The first kappa shape index (κ1) is 14.4. The van der Waals surface area contributed by atoms with Gasteiger partial charge in [0, 0.05) is 44.9 Å². The van der Waals surface area contributed by atoms with Gasteiger partial charge in [-0.1, -0.05) is 0 Å². The molecule has 1 aliphatic heterocycles. The maximum atomic E-state index is 11.9. The first-order valence-corrected chi connectivity index (χ1v) is 4.12. The molecule has 2 rings (SSSR count). The Hall–Kier alpha value is -0.606. The molecule has 1 N–H and O–H groups in total. The second-order valence-electron chi connectivity index (χ2n) is 2.52. The van der Waals surface area contributed by atoms with Gasteiger partial charge < -0.3 is 11.3 Å². The summed E-state index contributed by atoms with van der Waals surface area (Å²) in [6.07, 6.45) is 3.80. The molecular formula is C10H9FN2OY-2. The number of nitrogens with one attached hydrogen (secondary N) is 1. The van der Waals surface area contributed by atoms with Crippen LogP contribution in [0.1, 0.15) is 12.8 Å². The van der Waals surface area contributed by atoms with Gasteiger partial charge in [0.1, 0.15) is 0 Å². The molecule has 0 bridgehead atoms. The van der Waals surface area contributed by atoms with Crippen LogP contribution in [-0.2, 0) is 37.5 Å². The molecule has 1 amide bonds. The van der Waals surface area contributed by atoms with Crippen LogP contribution in [0.2, 0.25) is 0 Å². The van der Waals surface area contributed by atoms with Crippen molar-refractivity contribution in [2.45, 2.75) is 12.8 Å². The summed E-state index contributed by atoms with van der Waals surface area (Å²) in [6, 6.07) is 8.49. The van der Waals surface area contributed by atoms with Gasteiger partial charge in [0.2, 0.25) is 5.91 Å². The molecule has 1 aromatic rings. The number of carbonyl (C=O) groups is 1. The van der Waals surface area contributed by atoms with Gasteiger partial charge in [-0.2, -0.15) is 24.6 Å². The fraction of sp³-hybridized carbons (Fsp3) is 0.200. The van der Waals surface area contributed by atoms with Crippen molar-refractivity contribution in [1.29, 1.82) is 0 Å². The van der Waals surface area contributed by atoms with Crippen molar-refractivity contribution in [3.8, 4) is 0 Å². The fourth-order valence-corrected chi connectivity index (χ4v) is 0.750. The van der Waals surface area contributed by atoms with E-state index in [1.165, 1.54) is 24.3 Å². The quantitative estimate of drug-likeness (QED) is 0.717. The van der Waals surface area contributed by atoms with Crippen molar-refractivity contribution in [3.05, 3.63) is 36.1 Å². The topological polar surface area (TPSA) is 41.5 Å². The zero-order valence-corrected chi connectivity index (χ0v) is 10.9. The van der Waals surface area contributed by atoms with E-state index in [1.807, 2.05) is 0 Å². The Morgan fingerprint density at radius 2 is 2.07 bits per heavy atom. The Bertz CT molecular complexity index is 316. The maximum Gasteiger partial charge on any atom is 0.235 e. The maximum absolute atomic E-state index is 11.9. The number of hydrazone groups is 1. The molecule has 15 heavy (non-hydrogen) atoms. The number of hydrogen-bond acceptors (Lipinski definition) is 2. The van der Waals surface area contributed by atoms with Gasteiger partial charge in [0.15, 0.2) is 0 Å². The van der Waals surface area contributed by atoms with Crippen LogP contribution in [0.15, 0.2) is 29.4 Å². The van der Waals surface area contributed by atoms with Gasteiger partial charge in [0.25, 0.3) is 0 Å². The molecule has 77 valence electrons. The van der Waals surface area contributed by atoms with Crippen LogP contribution < -0.4 is 5.43 Å². The minimum Gasteiger partial charge on any atom is -0.398 e. The van der Waals surface area contributed by atoms with Crippen molar-refractivity contribution in [2.75, 3.05) is 0 Å². The molecule has 0 aliphatic carbocycles. The first-order chi connectivity index (χ1) is 6.79. The van der Waals surface area contributed by atoms with Gasteiger partial charge in [0.05, 0.1) is 0 Å². The summed E-state index contributed by atoms with van der Waals surface area (Å²) in [5.41, 5.74) is 2.26. The Labute approximate surface area is 113 Å². The predicted molar refractivity (Wildman–Crippen MR) is 50.0 cm³/mol. The Morgan fingerprint density at radius 3 is 2.33 bits per heavy atom. The zero-order valence-electron chi connectivity index (χ0n) is 8.03. The molecule has 0 atom stereocenters. The van der Waals surface area contributed by atoms with E-state index in [0.29, 0.717) is 12.8 Å². The smallest absolute Gasteiger partial charge is 0.235 e. The van der Waals surface area contributed by atoms with Crippen LogP contribution in [0, 0.1) is 11.9 Å². The van der Waals surface area contributed by atoms with E-state index in [4.69, 9.17) is 0 Å². The zero-order chi connectivity index (χ0) is 10.2. The molecule has 3 nitrogen and oxygen atoms in total. The summed E-state index contributed by atoms with van der Waals surface area (Å²) in [4.78, 5) is 10.2. The van der Waals surface area contributed by atoms with E-state index < -0.39 is 0 Å². The number of hydrogen-bond donors (Lipinski definition) is 1. The number of benzene rings is 1. The van der Waals surface area contributed by atoms with Crippen molar-refractivity contribution in [2.24, 2.45) is 5.10 Å². The molecule has 0 fully saturated rings. The second kappa shape index (κ2) is 8.68. The molecular weight excluding hydrogens is 272 g/mol. The van der Waals surface area contributed by atoms with Crippen LogP contribution in [0.5, 0.6) is 0 Å². The summed E-state index contributed by atoms with van der Waals surface area (Å²) >= 11 is 0. The molecule has 1 radical (unpaired) electrons. The Morgan fingerprint density at radius 1 is 1.40 bits per heavy atom. The largest absolute Gasteiger partial charge is 0.398 e. The van der Waals surface area contributed by atoms with Gasteiger partial charge in [-0.05, 0) is 0 Å². The monoisotopic (exact) mass is 281 g/mol. The second-order valence-corrected chi connectivity index (χ2v) is 2.52. The number of nitrogens with zero attached hydrogens (tertiary/aromatic N) is 1. The summed E-state index contributed by atoms with van der Waals surface area (Å²) in [5.74, 6) is -0.225. The molecule has 1 aliphatic rings. The van der Waals surface area contributed by atoms with E-state index in [-0.39, 0.29) is 44.4 Å². The SMILES string of the molecule is Fc1cc[c-]cc1.O=C1CC[C-]=NN1.[Y]. The van der Waals surface area contributed by atoms with Gasteiger partial charge >= 0.3 is 0 Å². The number of halogens is 1. The molecule has 0 unspecified atom stereocenters. The first-order valence-electron chi connectivity index (χ1n) is 4.12. The molecule has 0 aromatic heterocycles. The van der Waals surface area contributed by atoms with Crippen molar-refractivity contribution >= 4 is 12.1 Å². The third-order valence-corrected chi connectivity index (χ3v) is 1.40. The number of amides is 1. The molecule has 0 saturated carbocycles. The average Bonchev–Trinajstić information content (AvgIpc) is 2.21. The number of carbonyl (C=O) groups excluding carboxylic acids is 1. The minimum atomic E-state index is -0.209. The number of rotatable bonds is 0. The van der Waals surface area contributed by atoms with E-state index >= 15 is 0 Å². The van der Waals surface area contributed by atoms with E-state index in [2.05, 4.69) is 22.8 Å². The molecule has 1 aromatic carbocycles. The Kier molecular flexibility index (Phi) is 8.33. The molecule has 0 spiro atoms. The van der Waals surface area contributed by atoms with E-state index in [1.54, 1.807) is 0 Å². The van der Waals surface area contributed by atoms with Crippen LogP contribution in [-0.4, -0.2) is 12.1 Å². The average molecular weight is 281 g/mol. The minimum absolute atomic E-state index is 0. The third-order valence-electron chi connectivity index (χ3n) is 1.40. The molecule has 0 saturated heterocycles. The third kappa shape index (κ3) is 7.34. The predicted octanol–water partition coefficient (Wildman–Crippen LogP) is 1.38. The molecule has 5 heteroatoms.